The molecule has 0 saturated heterocycles. The summed E-state index contributed by atoms with van der Waals surface area (Å²) in [5.41, 5.74) is 3.40. The Morgan fingerprint density at radius 2 is 1.96 bits per heavy atom. The molecule has 0 radical (unpaired) electrons. The van der Waals surface area contributed by atoms with E-state index in [2.05, 4.69) is 0 Å². The fourth-order valence-corrected chi connectivity index (χ4v) is 2.80. The van der Waals surface area contributed by atoms with E-state index in [0.29, 0.717) is 17.9 Å². The van der Waals surface area contributed by atoms with Gasteiger partial charge in [0.15, 0.2) is 0 Å². The molecule has 2 rings (SSSR count). The summed E-state index contributed by atoms with van der Waals surface area (Å²) in [5, 5.41) is 0. The lowest BCUT2D eigenvalue weighted by Crippen LogP contribution is -2.29. The quantitative estimate of drug-likeness (QED) is 0.796. The topological polar surface area (TPSA) is 59.1 Å². The number of hydrogen-bond acceptors (Lipinski definition) is 5. The fraction of sp³-hybridized carbons (Fsp3) is 0.444. The van der Waals surface area contributed by atoms with Crippen LogP contribution in [0.5, 0.6) is 5.75 Å². The summed E-state index contributed by atoms with van der Waals surface area (Å²) in [6, 6.07) is 5.45. The van der Waals surface area contributed by atoms with Crippen LogP contribution in [0.4, 0.5) is 10.5 Å². The van der Waals surface area contributed by atoms with Gasteiger partial charge in [-0.25, -0.2) is 9.59 Å². The first-order chi connectivity index (χ1) is 11.3. The van der Waals surface area contributed by atoms with Gasteiger partial charge in [0.05, 0.1) is 12.2 Å². The number of nitrogens with zero attached hydrogens (tertiary/aromatic N) is 2. The van der Waals surface area contributed by atoms with Crippen LogP contribution >= 0.6 is 0 Å². The highest BCUT2D eigenvalue weighted by atomic mass is 16.6. The van der Waals surface area contributed by atoms with Gasteiger partial charge in [0.1, 0.15) is 5.75 Å². The van der Waals surface area contributed by atoms with Crippen LogP contribution in [0.2, 0.25) is 0 Å². The van der Waals surface area contributed by atoms with Crippen molar-refractivity contribution in [3.8, 4) is 5.75 Å². The predicted octanol–water partition coefficient (Wildman–Crippen LogP) is 3.14. The SMILES string of the molecule is CCOC(=O)C1=C(C)N(C)c2cc(OC(=O)N(C)C)ccc2C1C. The highest BCUT2D eigenvalue weighted by Crippen LogP contribution is 2.42. The van der Waals surface area contributed by atoms with Crippen molar-refractivity contribution in [2.24, 2.45) is 0 Å². The Bertz CT molecular complexity index is 694. The van der Waals surface area contributed by atoms with Crippen molar-refractivity contribution in [3.63, 3.8) is 0 Å². The van der Waals surface area contributed by atoms with E-state index in [1.54, 1.807) is 27.1 Å². The summed E-state index contributed by atoms with van der Waals surface area (Å²) in [7, 11) is 5.15. The molecule has 1 heterocycles. The molecule has 1 unspecified atom stereocenters. The molecule has 1 aliphatic rings. The van der Waals surface area contributed by atoms with Crippen molar-refractivity contribution < 1.29 is 19.1 Å². The number of esters is 1. The normalized spacial score (nSPS) is 16.6. The summed E-state index contributed by atoms with van der Waals surface area (Å²) in [6.45, 7) is 6.01. The molecule has 0 bridgehead atoms. The first kappa shape index (κ1) is 17.8. The second-order valence-electron chi connectivity index (χ2n) is 5.98. The minimum absolute atomic E-state index is 0.0890. The van der Waals surface area contributed by atoms with Crippen molar-refractivity contribution in [1.82, 2.24) is 4.90 Å². The van der Waals surface area contributed by atoms with Crippen LogP contribution in [-0.2, 0) is 9.53 Å². The zero-order valence-electron chi connectivity index (χ0n) is 15.0. The molecule has 0 aliphatic carbocycles. The average Bonchev–Trinajstić information content (AvgIpc) is 2.53. The Hall–Kier alpha value is -2.50. The van der Waals surface area contributed by atoms with Gasteiger partial charge in [-0.05, 0) is 25.5 Å². The minimum Gasteiger partial charge on any atom is -0.463 e. The van der Waals surface area contributed by atoms with Crippen LogP contribution in [0.3, 0.4) is 0 Å². The Balaban J connectivity index is 2.39. The van der Waals surface area contributed by atoms with Crippen molar-refractivity contribution >= 4 is 17.7 Å². The molecule has 0 saturated carbocycles. The fourth-order valence-electron chi connectivity index (χ4n) is 2.80. The molecule has 0 fully saturated rings. The summed E-state index contributed by atoms with van der Waals surface area (Å²) in [6.07, 6.45) is -0.430. The number of amides is 1. The molecular weight excluding hydrogens is 308 g/mol. The molecule has 1 amide bonds. The number of hydrogen-bond donors (Lipinski definition) is 0. The van der Waals surface area contributed by atoms with Gasteiger partial charge in [-0.2, -0.15) is 0 Å². The van der Waals surface area contributed by atoms with Crippen LogP contribution in [0.1, 0.15) is 32.3 Å². The third-order valence-electron chi connectivity index (χ3n) is 4.22. The van der Waals surface area contributed by atoms with Gasteiger partial charge in [-0.15, -0.1) is 0 Å². The van der Waals surface area contributed by atoms with Crippen molar-refractivity contribution in [2.75, 3.05) is 32.6 Å². The van der Waals surface area contributed by atoms with Gasteiger partial charge in [0.2, 0.25) is 0 Å². The largest absolute Gasteiger partial charge is 0.463 e. The number of carbonyl (C=O) groups is 2. The zero-order chi connectivity index (χ0) is 18.0. The molecule has 1 atom stereocenters. The second kappa shape index (κ2) is 6.95. The molecule has 6 heteroatoms. The molecule has 1 aromatic rings. The first-order valence-electron chi connectivity index (χ1n) is 7.92. The molecule has 0 aromatic heterocycles. The number of anilines is 1. The van der Waals surface area contributed by atoms with Crippen LogP contribution in [0.25, 0.3) is 0 Å². The van der Waals surface area contributed by atoms with Crippen LogP contribution in [-0.4, -0.2) is 44.7 Å². The number of carbonyl (C=O) groups excluding carboxylic acids is 2. The monoisotopic (exact) mass is 332 g/mol. The van der Waals surface area contributed by atoms with E-state index < -0.39 is 6.09 Å². The Kier molecular flexibility index (Phi) is 5.17. The maximum atomic E-state index is 12.3. The summed E-state index contributed by atoms with van der Waals surface area (Å²) >= 11 is 0. The molecule has 6 nitrogen and oxygen atoms in total. The molecule has 0 spiro atoms. The molecule has 130 valence electrons. The van der Waals surface area contributed by atoms with Gasteiger partial charge in [0, 0.05) is 44.5 Å². The van der Waals surface area contributed by atoms with Gasteiger partial charge in [-0.1, -0.05) is 13.0 Å². The van der Waals surface area contributed by atoms with Crippen LogP contribution in [0.15, 0.2) is 29.5 Å². The molecular formula is C18H24N2O4. The van der Waals surface area contributed by atoms with E-state index in [4.69, 9.17) is 9.47 Å². The van der Waals surface area contributed by atoms with Crippen molar-refractivity contribution in [1.29, 1.82) is 0 Å². The van der Waals surface area contributed by atoms with Crippen LogP contribution < -0.4 is 9.64 Å². The number of rotatable bonds is 3. The Morgan fingerprint density at radius 1 is 1.29 bits per heavy atom. The highest BCUT2D eigenvalue weighted by molar-refractivity contribution is 5.93. The van der Waals surface area contributed by atoms with E-state index in [-0.39, 0.29) is 11.9 Å². The number of fused-ring (bicyclic) bond motifs is 1. The molecule has 0 N–H and O–H groups in total. The van der Waals surface area contributed by atoms with Gasteiger partial charge in [-0.3, -0.25) is 0 Å². The summed E-state index contributed by atoms with van der Waals surface area (Å²) < 4.78 is 10.5. The van der Waals surface area contributed by atoms with Gasteiger partial charge in [0.25, 0.3) is 0 Å². The van der Waals surface area contributed by atoms with E-state index in [1.807, 2.05) is 37.9 Å². The lowest BCUT2D eigenvalue weighted by atomic mass is 9.86. The number of ether oxygens (including phenoxy) is 2. The number of allylic oxidation sites excluding steroid dienone is 1. The Labute approximate surface area is 142 Å². The smallest absolute Gasteiger partial charge is 0.414 e. The summed E-state index contributed by atoms with van der Waals surface area (Å²) in [5.74, 6) is 0.0934. The second-order valence-corrected chi connectivity index (χ2v) is 5.98. The third-order valence-corrected chi connectivity index (χ3v) is 4.22. The first-order valence-corrected chi connectivity index (χ1v) is 7.92. The van der Waals surface area contributed by atoms with Crippen molar-refractivity contribution in [2.45, 2.75) is 26.7 Å². The maximum absolute atomic E-state index is 12.3. The molecule has 1 aromatic carbocycles. The highest BCUT2D eigenvalue weighted by Gasteiger charge is 2.31. The number of benzene rings is 1. The standard InChI is InChI=1S/C18H24N2O4/c1-7-23-17(21)16-11(2)14-9-8-13(24-18(22)19(4)5)10-15(14)20(6)12(16)3/h8-11H,7H2,1-6H3. The van der Waals surface area contributed by atoms with Crippen molar-refractivity contribution in [3.05, 3.63) is 35.0 Å². The Morgan fingerprint density at radius 3 is 2.54 bits per heavy atom. The van der Waals surface area contributed by atoms with Gasteiger partial charge < -0.3 is 19.3 Å². The average molecular weight is 332 g/mol. The lowest BCUT2D eigenvalue weighted by molar-refractivity contribution is -0.138. The van der Waals surface area contributed by atoms with E-state index >= 15 is 0 Å². The third kappa shape index (κ3) is 3.22. The predicted molar refractivity (Wildman–Crippen MR) is 92.3 cm³/mol. The van der Waals surface area contributed by atoms with E-state index in [9.17, 15) is 9.59 Å². The maximum Gasteiger partial charge on any atom is 0.414 e. The van der Waals surface area contributed by atoms with Gasteiger partial charge >= 0.3 is 12.1 Å². The van der Waals surface area contributed by atoms with E-state index in [0.717, 1.165) is 16.9 Å². The minimum atomic E-state index is -0.430. The zero-order valence-corrected chi connectivity index (χ0v) is 15.0. The summed E-state index contributed by atoms with van der Waals surface area (Å²) in [4.78, 5) is 27.3. The van der Waals surface area contributed by atoms with E-state index in [1.165, 1.54) is 4.90 Å². The lowest BCUT2D eigenvalue weighted by Gasteiger charge is -2.34. The molecule has 1 aliphatic heterocycles. The molecule has 24 heavy (non-hydrogen) atoms. The van der Waals surface area contributed by atoms with Crippen LogP contribution in [0, 0.1) is 0 Å².